The highest BCUT2D eigenvalue weighted by Crippen LogP contribution is 2.16. The first-order chi connectivity index (χ1) is 8.72. The summed E-state index contributed by atoms with van der Waals surface area (Å²) >= 11 is 0. The van der Waals surface area contributed by atoms with Crippen molar-refractivity contribution in [3.63, 3.8) is 0 Å². The fourth-order valence-corrected chi connectivity index (χ4v) is 2.03. The van der Waals surface area contributed by atoms with Crippen LogP contribution in [0.4, 0.5) is 5.82 Å². The van der Waals surface area contributed by atoms with Crippen LogP contribution in [0.2, 0.25) is 0 Å². The highest BCUT2D eigenvalue weighted by molar-refractivity contribution is 5.39. The second-order valence-electron chi connectivity index (χ2n) is 4.27. The van der Waals surface area contributed by atoms with Gasteiger partial charge >= 0.3 is 0 Å². The summed E-state index contributed by atoms with van der Waals surface area (Å²) in [5.41, 5.74) is 8.29. The molecular formula is C15H17N3. The third-order valence-electron chi connectivity index (χ3n) is 3.02. The van der Waals surface area contributed by atoms with Gasteiger partial charge in [0.1, 0.15) is 11.6 Å². The number of aromatic nitrogens is 2. The third-order valence-corrected chi connectivity index (χ3v) is 3.02. The van der Waals surface area contributed by atoms with E-state index in [1.54, 1.807) is 0 Å². The van der Waals surface area contributed by atoms with E-state index in [0.717, 1.165) is 24.4 Å². The van der Waals surface area contributed by atoms with Gasteiger partial charge in [0.05, 0.1) is 12.2 Å². The molecule has 0 radical (unpaired) electrons. The summed E-state index contributed by atoms with van der Waals surface area (Å²) in [6.07, 6.45) is 7.10. The summed E-state index contributed by atoms with van der Waals surface area (Å²) in [4.78, 5) is 4.49. The summed E-state index contributed by atoms with van der Waals surface area (Å²) in [5.74, 6) is 4.17. The highest BCUT2D eigenvalue weighted by atomic mass is 15.1. The lowest BCUT2D eigenvalue weighted by Crippen LogP contribution is -2.04. The van der Waals surface area contributed by atoms with Crippen molar-refractivity contribution in [3.8, 4) is 12.3 Å². The lowest BCUT2D eigenvalue weighted by molar-refractivity contribution is 0.807. The molecule has 1 aromatic carbocycles. The molecule has 0 unspecified atom stereocenters. The van der Waals surface area contributed by atoms with Crippen LogP contribution < -0.4 is 5.73 Å². The van der Waals surface area contributed by atoms with Crippen LogP contribution in [0.15, 0.2) is 30.3 Å². The molecule has 1 aromatic heterocycles. The van der Waals surface area contributed by atoms with E-state index in [2.05, 4.69) is 23.0 Å². The minimum Gasteiger partial charge on any atom is -0.384 e. The maximum absolute atomic E-state index is 6.06. The van der Waals surface area contributed by atoms with Crippen molar-refractivity contribution in [3.05, 3.63) is 47.4 Å². The fraction of sp³-hybridized carbons (Fsp3) is 0.267. The van der Waals surface area contributed by atoms with Crippen molar-refractivity contribution < 1.29 is 0 Å². The molecule has 92 valence electrons. The quantitative estimate of drug-likeness (QED) is 0.831. The monoisotopic (exact) mass is 239 g/mol. The molecule has 2 aromatic rings. The molecule has 2 N–H and O–H groups in total. The number of anilines is 1. The number of benzene rings is 1. The average molecular weight is 239 g/mol. The van der Waals surface area contributed by atoms with E-state index >= 15 is 0 Å². The van der Waals surface area contributed by atoms with Gasteiger partial charge in [-0.3, -0.25) is 0 Å². The number of hydrogen-bond acceptors (Lipinski definition) is 2. The first kappa shape index (κ1) is 12.3. The molecule has 0 spiro atoms. The normalized spacial score (nSPS) is 10.2. The van der Waals surface area contributed by atoms with Gasteiger partial charge in [-0.05, 0) is 25.3 Å². The number of rotatable bonds is 4. The van der Waals surface area contributed by atoms with E-state index in [1.165, 1.54) is 5.56 Å². The average Bonchev–Trinajstić information content (AvgIpc) is 2.66. The molecule has 3 heteroatoms. The Morgan fingerprint density at radius 1 is 1.28 bits per heavy atom. The van der Waals surface area contributed by atoms with Gasteiger partial charge in [0.2, 0.25) is 0 Å². The second kappa shape index (κ2) is 5.42. The Bertz CT molecular complexity index is 561. The zero-order valence-corrected chi connectivity index (χ0v) is 10.6. The van der Waals surface area contributed by atoms with Crippen LogP contribution in [-0.2, 0) is 19.4 Å². The van der Waals surface area contributed by atoms with E-state index in [1.807, 2.05) is 29.7 Å². The SMILES string of the molecule is C#CCn1c(C)nc(CCc2ccccc2)c1N. The zero-order valence-electron chi connectivity index (χ0n) is 10.6. The van der Waals surface area contributed by atoms with E-state index in [0.29, 0.717) is 12.4 Å². The van der Waals surface area contributed by atoms with Gasteiger partial charge in [-0.25, -0.2) is 4.98 Å². The Labute approximate surface area is 108 Å². The molecule has 0 fully saturated rings. The standard InChI is InChI=1S/C15H17N3/c1-3-11-18-12(2)17-14(15(18)16)10-9-13-7-5-4-6-8-13/h1,4-8H,9-11,16H2,2H3. The predicted molar refractivity (Wildman–Crippen MR) is 74.1 cm³/mol. The largest absolute Gasteiger partial charge is 0.384 e. The minimum atomic E-state index is 0.482. The van der Waals surface area contributed by atoms with Crippen molar-refractivity contribution in [2.75, 3.05) is 5.73 Å². The van der Waals surface area contributed by atoms with Crippen molar-refractivity contribution in [2.24, 2.45) is 0 Å². The summed E-state index contributed by atoms with van der Waals surface area (Å²) in [6, 6.07) is 10.3. The van der Waals surface area contributed by atoms with Crippen LogP contribution in [0.5, 0.6) is 0 Å². The molecule has 0 aliphatic rings. The fourth-order valence-electron chi connectivity index (χ4n) is 2.03. The Balaban J connectivity index is 2.11. The van der Waals surface area contributed by atoms with Crippen molar-refractivity contribution in [1.29, 1.82) is 0 Å². The molecule has 0 bridgehead atoms. The molecule has 2 rings (SSSR count). The first-order valence-corrected chi connectivity index (χ1v) is 6.01. The molecular weight excluding hydrogens is 222 g/mol. The van der Waals surface area contributed by atoms with E-state index in [-0.39, 0.29) is 0 Å². The predicted octanol–water partition coefficient (Wildman–Crippen LogP) is 2.19. The topological polar surface area (TPSA) is 43.8 Å². The van der Waals surface area contributed by atoms with Gasteiger partial charge in [0.15, 0.2) is 0 Å². The van der Waals surface area contributed by atoms with Gasteiger partial charge in [-0.2, -0.15) is 0 Å². The van der Waals surface area contributed by atoms with E-state index < -0.39 is 0 Å². The molecule has 0 atom stereocenters. The zero-order chi connectivity index (χ0) is 13.0. The molecule has 0 amide bonds. The molecule has 1 heterocycles. The van der Waals surface area contributed by atoms with E-state index in [4.69, 9.17) is 12.2 Å². The molecule has 0 aliphatic carbocycles. The van der Waals surface area contributed by atoms with Crippen molar-refractivity contribution in [1.82, 2.24) is 9.55 Å². The van der Waals surface area contributed by atoms with Crippen molar-refractivity contribution in [2.45, 2.75) is 26.3 Å². The smallest absolute Gasteiger partial charge is 0.127 e. The van der Waals surface area contributed by atoms with E-state index in [9.17, 15) is 0 Å². The molecule has 0 aliphatic heterocycles. The maximum Gasteiger partial charge on any atom is 0.127 e. The Morgan fingerprint density at radius 2 is 2.00 bits per heavy atom. The number of hydrogen-bond donors (Lipinski definition) is 1. The second-order valence-corrected chi connectivity index (χ2v) is 4.27. The molecule has 18 heavy (non-hydrogen) atoms. The minimum absolute atomic E-state index is 0.482. The molecule has 3 nitrogen and oxygen atoms in total. The van der Waals surface area contributed by atoms with Crippen LogP contribution >= 0.6 is 0 Å². The van der Waals surface area contributed by atoms with Crippen LogP contribution in [0.3, 0.4) is 0 Å². The summed E-state index contributed by atoms with van der Waals surface area (Å²) in [7, 11) is 0. The summed E-state index contributed by atoms with van der Waals surface area (Å²) < 4.78 is 1.88. The lowest BCUT2D eigenvalue weighted by atomic mass is 10.1. The van der Waals surface area contributed by atoms with Gasteiger partial charge in [-0.1, -0.05) is 36.3 Å². The van der Waals surface area contributed by atoms with Gasteiger partial charge in [0.25, 0.3) is 0 Å². The number of imidazole rings is 1. The van der Waals surface area contributed by atoms with Crippen molar-refractivity contribution >= 4 is 5.82 Å². The summed E-state index contributed by atoms with van der Waals surface area (Å²) in [5, 5.41) is 0. The Hall–Kier alpha value is -2.21. The maximum atomic E-state index is 6.06. The Morgan fingerprint density at radius 3 is 2.67 bits per heavy atom. The van der Waals surface area contributed by atoms with Gasteiger partial charge < -0.3 is 10.3 Å². The number of nitrogen functional groups attached to an aromatic ring is 1. The van der Waals surface area contributed by atoms with Gasteiger partial charge in [-0.15, -0.1) is 6.42 Å². The third kappa shape index (κ3) is 2.54. The number of nitrogens with two attached hydrogens (primary N) is 1. The van der Waals surface area contributed by atoms with Crippen LogP contribution in [0.1, 0.15) is 17.1 Å². The number of terminal acetylenes is 1. The molecule has 0 saturated carbocycles. The first-order valence-electron chi connectivity index (χ1n) is 6.01. The van der Waals surface area contributed by atoms with Crippen LogP contribution in [0, 0.1) is 19.3 Å². The highest BCUT2D eigenvalue weighted by Gasteiger charge is 2.10. The number of nitrogens with zero attached hydrogens (tertiary/aromatic N) is 2. The van der Waals surface area contributed by atoms with Gasteiger partial charge in [0, 0.05) is 0 Å². The Kier molecular flexibility index (Phi) is 3.69. The van der Waals surface area contributed by atoms with Crippen LogP contribution in [-0.4, -0.2) is 9.55 Å². The lowest BCUT2D eigenvalue weighted by Gasteiger charge is -2.03. The molecule has 0 saturated heterocycles. The van der Waals surface area contributed by atoms with Crippen LogP contribution in [0.25, 0.3) is 0 Å². The summed E-state index contributed by atoms with van der Waals surface area (Å²) in [6.45, 7) is 2.41. The number of aryl methyl sites for hydroxylation is 3.